The molecule has 0 spiro atoms. The smallest absolute Gasteiger partial charge is 0.259 e. The number of ether oxygens (including phenoxy) is 1. The average molecular weight is 414 g/mol. The average Bonchev–Trinajstić information content (AvgIpc) is 3.05. The number of nitrogens with zero attached hydrogens (tertiary/aromatic N) is 1. The third kappa shape index (κ3) is 2.83. The molecule has 0 N–H and O–H groups in total. The van der Waals surface area contributed by atoms with Gasteiger partial charge in [-0.05, 0) is 51.1 Å². The summed E-state index contributed by atoms with van der Waals surface area (Å²) in [6.07, 6.45) is 0. The van der Waals surface area contributed by atoms with Crippen LogP contribution in [-0.2, 0) is 5.54 Å². The molecule has 0 saturated heterocycles. The Morgan fingerprint density at radius 1 is 1.15 bits per heavy atom. The lowest BCUT2D eigenvalue weighted by molar-refractivity contribution is 0.0961. The number of carbonyl (C=O) groups excluding carboxylic acids is 1. The summed E-state index contributed by atoms with van der Waals surface area (Å²) in [6.45, 7) is 6.24. The molecule has 2 heterocycles. The molecule has 6 heteroatoms. The van der Waals surface area contributed by atoms with E-state index in [1.807, 2.05) is 35.2 Å². The van der Waals surface area contributed by atoms with E-state index in [-0.39, 0.29) is 5.91 Å². The summed E-state index contributed by atoms with van der Waals surface area (Å²) in [6, 6.07) is 13.5. The van der Waals surface area contributed by atoms with Crippen LogP contribution in [0.4, 0.5) is 5.69 Å². The number of hydrogen-bond acceptors (Lipinski definition) is 5. The molecule has 0 fully saturated rings. The van der Waals surface area contributed by atoms with Crippen LogP contribution in [0.1, 0.15) is 34.6 Å². The quantitative estimate of drug-likeness (QED) is 0.359. The molecule has 2 aromatic carbocycles. The van der Waals surface area contributed by atoms with E-state index >= 15 is 0 Å². The number of benzene rings is 2. The molecule has 0 atom stereocenters. The van der Waals surface area contributed by atoms with E-state index in [2.05, 4.69) is 26.8 Å². The van der Waals surface area contributed by atoms with Gasteiger partial charge in [0.2, 0.25) is 0 Å². The van der Waals surface area contributed by atoms with E-state index in [0.717, 1.165) is 31.1 Å². The first-order valence-corrected chi connectivity index (χ1v) is 11.1. The zero-order chi connectivity index (χ0) is 19.3. The van der Waals surface area contributed by atoms with Crippen molar-refractivity contribution >= 4 is 44.5 Å². The predicted octanol–water partition coefficient (Wildman–Crippen LogP) is 6.42. The standard InChI is InChI=1S/C21H19NO2S3/c1-12-8-9-16-15(10-12)17-18(26-27-20(17)25)21(2,3)22(16)19(23)13-6-5-7-14(11-13)24-4/h5-11H,1-4H3. The Kier molecular flexibility index (Phi) is 4.45. The summed E-state index contributed by atoms with van der Waals surface area (Å²) >= 11 is 5.63. The highest BCUT2D eigenvalue weighted by atomic mass is 32.9. The molecule has 0 unspecified atom stereocenters. The van der Waals surface area contributed by atoms with E-state index in [0.29, 0.717) is 11.3 Å². The number of hydrogen-bond donors (Lipinski definition) is 0. The first-order valence-electron chi connectivity index (χ1n) is 8.58. The Morgan fingerprint density at radius 3 is 2.67 bits per heavy atom. The molecule has 0 bridgehead atoms. The second-order valence-electron chi connectivity index (χ2n) is 7.11. The topological polar surface area (TPSA) is 29.5 Å². The summed E-state index contributed by atoms with van der Waals surface area (Å²) in [5.74, 6) is 0.630. The maximum Gasteiger partial charge on any atom is 0.259 e. The highest BCUT2D eigenvalue weighted by molar-refractivity contribution is 7.80. The largest absolute Gasteiger partial charge is 0.497 e. The molecule has 3 nitrogen and oxygen atoms in total. The SMILES string of the molecule is COc1cccc(C(=O)N2c3ccc(C)cc3-c3c(ssc3=S)C2(C)C)c1. The van der Waals surface area contributed by atoms with Crippen molar-refractivity contribution in [2.75, 3.05) is 12.0 Å². The minimum Gasteiger partial charge on any atom is -0.497 e. The molecule has 1 aliphatic rings. The van der Waals surface area contributed by atoms with Crippen LogP contribution >= 0.6 is 32.9 Å². The molecule has 0 radical (unpaired) electrons. The Hall–Kier alpha value is -2.02. The molecule has 138 valence electrons. The van der Waals surface area contributed by atoms with Crippen molar-refractivity contribution in [3.8, 4) is 16.9 Å². The highest BCUT2D eigenvalue weighted by Gasteiger charge is 2.43. The third-order valence-corrected chi connectivity index (χ3v) is 8.26. The molecule has 1 aromatic heterocycles. The molecule has 27 heavy (non-hydrogen) atoms. The van der Waals surface area contributed by atoms with Gasteiger partial charge in [0.05, 0.1) is 23.2 Å². The van der Waals surface area contributed by atoms with Gasteiger partial charge in [0.25, 0.3) is 5.91 Å². The first kappa shape index (κ1) is 18.3. The number of carbonyl (C=O) groups is 1. The van der Waals surface area contributed by atoms with Gasteiger partial charge in [0, 0.05) is 16.7 Å². The monoisotopic (exact) mass is 413 g/mol. The molecule has 1 amide bonds. The lowest BCUT2D eigenvalue weighted by Crippen LogP contribution is -2.47. The van der Waals surface area contributed by atoms with Gasteiger partial charge >= 0.3 is 0 Å². The van der Waals surface area contributed by atoms with E-state index in [1.54, 1.807) is 33.9 Å². The summed E-state index contributed by atoms with van der Waals surface area (Å²) in [5.41, 5.74) is 4.33. The zero-order valence-corrected chi connectivity index (χ0v) is 18.0. The van der Waals surface area contributed by atoms with Gasteiger partial charge < -0.3 is 4.74 Å². The van der Waals surface area contributed by atoms with Crippen molar-refractivity contribution in [1.29, 1.82) is 0 Å². The minimum absolute atomic E-state index is 0.0426. The second-order valence-corrected chi connectivity index (χ2v) is 9.93. The van der Waals surface area contributed by atoms with Crippen LogP contribution in [0.2, 0.25) is 0 Å². The number of rotatable bonds is 2. The van der Waals surface area contributed by atoms with Crippen LogP contribution in [0, 0.1) is 10.7 Å². The maximum atomic E-state index is 13.6. The molecule has 1 aliphatic heterocycles. The van der Waals surface area contributed by atoms with Gasteiger partial charge in [0.15, 0.2) is 0 Å². The number of fused-ring (bicyclic) bond motifs is 3. The van der Waals surface area contributed by atoms with Gasteiger partial charge in [-0.2, -0.15) is 0 Å². The van der Waals surface area contributed by atoms with Gasteiger partial charge in [-0.15, -0.1) is 0 Å². The van der Waals surface area contributed by atoms with Gasteiger partial charge in [-0.3, -0.25) is 9.69 Å². The maximum absolute atomic E-state index is 13.6. The molecular formula is C21H19NO2S3. The summed E-state index contributed by atoms with van der Waals surface area (Å²) in [7, 11) is 4.89. The zero-order valence-electron chi connectivity index (χ0n) is 15.5. The van der Waals surface area contributed by atoms with Crippen LogP contribution in [-0.4, -0.2) is 13.0 Å². The van der Waals surface area contributed by atoms with Gasteiger partial charge in [-0.25, -0.2) is 0 Å². The molecule has 4 rings (SSSR count). The molecule has 3 aromatic rings. The lowest BCUT2D eigenvalue weighted by atomic mass is 9.86. The van der Waals surface area contributed by atoms with E-state index in [4.69, 9.17) is 17.0 Å². The van der Waals surface area contributed by atoms with Crippen LogP contribution < -0.4 is 9.64 Å². The second kappa shape index (κ2) is 6.55. The van der Waals surface area contributed by atoms with Gasteiger partial charge in [0.1, 0.15) is 9.57 Å². The fourth-order valence-corrected chi connectivity index (χ4v) is 6.87. The van der Waals surface area contributed by atoms with Crippen molar-refractivity contribution in [3.63, 3.8) is 0 Å². The fourth-order valence-electron chi connectivity index (χ4n) is 3.59. The lowest BCUT2D eigenvalue weighted by Gasteiger charge is -2.43. The predicted molar refractivity (Wildman–Crippen MR) is 116 cm³/mol. The fraction of sp³-hybridized carbons (Fsp3) is 0.238. The summed E-state index contributed by atoms with van der Waals surface area (Å²) < 4.78 is 6.20. The van der Waals surface area contributed by atoms with Crippen LogP contribution in [0.15, 0.2) is 42.5 Å². The van der Waals surface area contributed by atoms with Crippen LogP contribution in [0.25, 0.3) is 11.1 Å². The Balaban J connectivity index is 1.95. The number of anilines is 1. The van der Waals surface area contributed by atoms with E-state index in [9.17, 15) is 4.79 Å². The van der Waals surface area contributed by atoms with E-state index in [1.165, 1.54) is 0 Å². The van der Waals surface area contributed by atoms with E-state index < -0.39 is 5.54 Å². The normalized spacial score (nSPS) is 14.4. The Morgan fingerprint density at radius 2 is 1.93 bits per heavy atom. The van der Waals surface area contributed by atoms with Crippen molar-refractivity contribution in [2.45, 2.75) is 26.3 Å². The minimum atomic E-state index is -0.490. The summed E-state index contributed by atoms with van der Waals surface area (Å²) in [4.78, 5) is 16.6. The van der Waals surface area contributed by atoms with Crippen molar-refractivity contribution in [1.82, 2.24) is 0 Å². The third-order valence-electron chi connectivity index (χ3n) is 4.93. The molecule has 0 saturated carbocycles. The number of methoxy groups -OCH3 is 1. The van der Waals surface area contributed by atoms with Crippen LogP contribution in [0.5, 0.6) is 5.75 Å². The number of aryl methyl sites for hydroxylation is 1. The van der Waals surface area contributed by atoms with Crippen LogP contribution in [0.3, 0.4) is 0 Å². The first-order chi connectivity index (χ1) is 12.8. The summed E-state index contributed by atoms with van der Waals surface area (Å²) in [5, 5.41) is 0. The van der Waals surface area contributed by atoms with Gasteiger partial charge in [-0.1, -0.05) is 50.6 Å². The molecular weight excluding hydrogens is 394 g/mol. The Bertz CT molecular complexity index is 1110. The number of amides is 1. The van der Waals surface area contributed by atoms with Crippen molar-refractivity contribution in [3.05, 3.63) is 62.3 Å². The molecule has 0 aliphatic carbocycles. The van der Waals surface area contributed by atoms with Crippen molar-refractivity contribution < 1.29 is 9.53 Å². The highest BCUT2D eigenvalue weighted by Crippen LogP contribution is 2.52. The van der Waals surface area contributed by atoms with Crippen molar-refractivity contribution in [2.24, 2.45) is 0 Å². The Labute approximate surface area is 171 Å².